The second-order valence-electron chi connectivity index (χ2n) is 4.29. The Morgan fingerprint density at radius 1 is 1.33 bits per heavy atom. The molecular weight excluding hydrogens is 208 g/mol. The molecule has 0 radical (unpaired) electrons. The normalized spacial score (nSPS) is 12.6. The highest BCUT2D eigenvalue weighted by Gasteiger charge is 2.02. The van der Waals surface area contributed by atoms with Crippen LogP contribution in [0, 0.1) is 5.92 Å². The van der Waals surface area contributed by atoms with E-state index >= 15 is 0 Å². The van der Waals surface area contributed by atoms with Crippen molar-refractivity contribution >= 4 is 17.3 Å². The van der Waals surface area contributed by atoms with E-state index in [0.717, 1.165) is 24.0 Å². The molecule has 0 spiro atoms. The minimum absolute atomic E-state index is 0.264. The molecule has 90 valence electrons. The van der Waals surface area contributed by atoms with E-state index < -0.39 is 0 Å². The maximum atomic E-state index is 5.15. The van der Waals surface area contributed by atoms with Crippen molar-refractivity contribution in [2.45, 2.75) is 39.7 Å². The van der Waals surface area contributed by atoms with Gasteiger partial charge in [-0.25, -0.2) is 0 Å². The van der Waals surface area contributed by atoms with E-state index in [-0.39, 0.29) is 6.04 Å². The topological polar surface area (TPSA) is 33.3 Å². The maximum Gasteiger partial charge on any atom is 0.166 e. The van der Waals surface area contributed by atoms with E-state index in [9.17, 15) is 0 Å². The molecule has 0 aromatic heterocycles. The first-order valence-electron chi connectivity index (χ1n) is 5.59. The lowest BCUT2D eigenvalue weighted by atomic mass is 10.1. The van der Waals surface area contributed by atoms with Gasteiger partial charge in [-0.15, -0.1) is 0 Å². The van der Waals surface area contributed by atoms with E-state index in [4.69, 9.17) is 17.0 Å². The number of ether oxygens (including phenoxy) is 1. The third kappa shape index (κ3) is 9.94. The summed E-state index contributed by atoms with van der Waals surface area (Å²) in [6.45, 7) is 8.14. The van der Waals surface area contributed by atoms with Crippen molar-refractivity contribution in [3.8, 4) is 0 Å². The molecular formula is C11H24N2OS. The average Bonchev–Trinajstić information content (AvgIpc) is 2.12. The van der Waals surface area contributed by atoms with Gasteiger partial charge in [-0.2, -0.15) is 0 Å². The molecule has 0 saturated carbocycles. The highest BCUT2D eigenvalue weighted by atomic mass is 32.1. The van der Waals surface area contributed by atoms with Crippen molar-refractivity contribution in [1.29, 1.82) is 0 Å². The molecule has 0 amide bonds. The van der Waals surface area contributed by atoms with E-state index in [1.54, 1.807) is 7.11 Å². The molecule has 0 aromatic carbocycles. The Hall–Kier alpha value is -0.350. The zero-order chi connectivity index (χ0) is 11.7. The standard InChI is InChI=1S/C11H24N2OS/c1-9(2)6-5-7-12-11(15)13-10(3)8-14-4/h9-10H,5-8H2,1-4H3,(H2,12,13,15). The lowest BCUT2D eigenvalue weighted by Gasteiger charge is -2.16. The molecule has 0 aliphatic carbocycles. The Bertz CT molecular complexity index is 174. The van der Waals surface area contributed by atoms with Gasteiger partial charge in [-0.3, -0.25) is 0 Å². The van der Waals surface area contributed by atoms with Gasteiger partial charge < -0.3 is 15.4 Å². The molecule has 0 heterocycles. The van der Waals surface area contributed by atoms with Crippen molar-refractivity contribution in [2.75, 3.05) is 20.3 Å². The zero-order valence-corrected chi connectivity index (χ0v) is 11.1. The van der Waals surface area contributed by atoms with Gasteiger partial charge in [0.2, 0.25) is 0 Å². The van der Waals surface area contributed by atoms with Gasteiger partial charge >= 0.3 is 0 Å². The fraction of sp³-hybridized carbons (Fsp3) is 0.909. The van der Waals surface area contributed by atoms with Gasteiger partial charge in [-0.1, -0.05) is 13.8 Å². The average molecular weight is 232 g/mol. The fourth-order valence-electron chi connectivity index (χ4n) is 1.28. The summed E-state index contributed by atoms with van der Waals surface area (Å²) < 4.78 is 5.01. The maximum absolute atomic E-state index is 5.15. The third-order valence-corrected chi connectivity index (χ3v) is 2.30. The summed E-state index contributed by atoms with van der Waals surface area (Å²) in [5.41, 5.74) is 0. The Labute approximate surface area is 99.0 Å². The van der Waals surface area contributed by atoms with Crippen molar-refractivity contribution in [3.63, 3.8) is 0 Å². The molecule has 1 atom stereocenters. The number of thiocarbonyl (C=S) groups is 1. The number of hydrogen-bond acceptors (Lipinski definition) is 2. The Morgan fingerprint density at radius 3 is 2.53 bits per heavy atom. The number of nitrogens with one attached hydrogen (secondary N) is 2. The Balaban J connectivity index is 3.40. The van der Waals surface area contributed by atoms with Crippen LogP contribution in [0.2, 0.25) is 0 Å². The minimum atomic E-state index is 0.264. The van der Waals surface area contributed by atoms with Crippen molar-refractivity contribution in [1.82, 2.24) is 10.6 Å². The van der Waals surface area contributed by atoms with Gasteiger partial charge in [0.15, 0.2) is 5.11 Å². The van der Waals surface area contributed by atoms with Crippen LogP contribution in [0.25, 0.3) is 0 Å². The number of hydrogen-bond donors (Lipinski definition) is 2. The second kappa shape index (κ2) is 8.92. The number of methoxy groups -OCH3 is 1. The summed E-state index contributed by atoms with van der Waals surface area (Å²) >= 11 is 5.15. The minimum Gasteiger partial charge on any atom is -0.383 e. The second-order valence-corrected chi connectivity index (χ2v) is 4.70. The SMILES string of the molecule is COCC(C)NC(=S)NCCCC(C)C. The predicted molar refractivity (Wildman–Crippen MR) is 69.1 cm³/mol. The van der Waals surface area contributed by atoms with Gasteiger partial charge in [0.05, 0.1) is 6.61 Å². The fourth-order valence-corrected chi connectivity index (χ4v) is 1.58. The third-order valence-electron chi connectivity index (χ3n) is 2.04. The van der Waals surface area contributed by atoms with E-state index in [1.807, 2.05) is 6.92 Å². The van der Waals surface area contributed by atoms with Crippen LogP contribution >= 0.6 is 12.2 Å². The van der Waals surface area contributed by atoms with Gasteiger partial charge in [0.25, 0.3) is 0 Å². The summed E-state index contributed by atoms with van der Waals surface area (Å²) in [6, 6.07) is 0.264. The molecule has 0 fully saturated rings. The first-order valence-corrected chi connectivity index (χ1v) is 6.00. The highest BCUT2D eigenvalue weighted by Crippen LogP contribution is 2.01. The largest absolute Gasteiger partial charge is 0.383 e. The lowest BCUT2D eigenvalue weighted by molar-refractivity contribution is 0.179. The van der Waals surface area contributed by atoms with Crippen LogP contribution < -0.4 is 10.6 Å². The van der Waals surface area contributed by atoms with Crippen LogP contribution in [0.4, 0.5) is 0 Å². The zero-order valence-electron chi connectivity index (χ0n) is 10.3. The Morgan fingerprint density at radius 2 is 2.00 bits per heavy atom. The summed E-state index contributed by atoms with van der Waals surface area (Å²) in [6.07, 6.45) is 2.40. The van der Waals surface area contributed by atoms with E-state index in [2.05, 4.69) is 24.5 Å². The van der Waals surface area contributed by atoms with Crippen molar-refractivity contribution < 1.29 is 4.74 Å². The van der Waals surface area contributed by atoms with Crippen LogP contribution in [-0.4, -0.2) is 31.4 Å². The summed E-state index contributed by atoms with van der Waals surface area (Å²) in [5.74, 6) is 0.765. The molecule has 3 nitrogen and oxygen atoms in total. The molecule has 4 heteroatoms. The van der Waals surface area contributed by atoms with Crippen LogP contribution in [0.5, 0.6) is 0 Å². The van der Waals surface area contributed by atoms with Crippen LogP contribution in [0.1, 0.15) is 33.6 Å². The first-order chi connectivity index (χ1) is 7.06. The highest BCUT2D eigenvalue weighted by molar-refractivity contribution is 7.80. The predicted octanol–water partition coefficient (Wildman–Crippen LogP) is 1.92. The van der Waals surface area contributed by atoms with Crippen LogP contribution in [0.3, 0.4) is 0 Å². The van der Waals surface area contributed by atoms with Gasteiger partial charge in [0, 0.05) is 19.7 Å². The quantitative estimate of drug-likeness (QED) is 0.519. The monoisotopic (exact) mass is 232 g/mol. The molecule has 0 aliphatic rings. The Kier molecular flexibility index (Phi) is 8.71. The molecule has 1 unspecified atom stereocenters. The van der Waals surface area contributed by atoms with Crippen LogP contribution in [-0.2, 0) is 4.74 Å². The van der Waals surface area contributed by atoms with Crippen molar-refractivity contribution in [3.05, 3.63) is 0 Å². The van der Waals surface area contributed by atoms with Gasteiger partial charge in [-0.05, 0) is 37.9 Å². The van der Waals surface area contributed by atoms with E-state index in [1.165, 1.54) is 6.42 Å². The smallest absolute Gasteiger partial charge is 0.166 e. The molecule has 0 aliphatic heterocycles. The molecule has 0 aromatic rings. The molecule has 2 N–H and O–H groups in total. The summed E-state index contributed by atoms with van der Waals surface area (Å²) in [7, 11) is 1.69. The molecule has 0 rings (SSSR count). The van der Waals surface area contributed by atoms with E-state index in [0.29, 0.717) is 6.61 Å². The molecule has 15 heavy (non-hydrogen) atoms. The van der Waals surface area contributed by atoms with Gasteiger partial charge in [0.1, 0.15) is 0 Å². The lowest BCUT2D eigenvalue weighted by Crippen LogP contribution is -2.42. The summed E-state index contributed by atoms with van der Waals surface area (Å²) in [4.78, 5) is 0. The molecule has 0 bridgehead atoms. The summed E-state index contributed by atoms with van der Waals surface area (Å²) in [5, 5.41) is 7.08. The van der Waals surface area contributed by atoms with Crippen molar-refractivity contribution in [2.24, 2.45) is 5.92 Å². The van der Waals surface area contributed by atoms with Crippen LogP contribution in [0.15, 0.2) is 0 Å². The molecule has 0 saturated heterocycles. The number of rotatable bonds is 7. The first kappa shape index (κ1) is 14.6.